The van der Waals surface area contributed by atoms with E-state index in [1.807, 2.05) is 36.6 Å². The summed E-state index contributed by atoms with van der Waals surface area (Å²) in [5.74, 6) is -0.280. The summed E-state index contributed by atoms with van der Waals surface area (Å²) in [5.41, 5.74) is 2.61. The number of esters is 2. The molecule has 1 aliphatic heterocycles. The van der Waals surface area contributed by atoms with Crippen molar-refractivity contribution in [1.82, 2.24) is 10.6 Å². The summed E-state index contributed by atoms with van der Waals surface area (Å²) in [6.07, 6.45) is 2.01. The van der Waals surface area contributed by atoms with E-state index in [9.17, 15) is 14.4 Å². The van der Waals surface area contributed by atoms with Gasteiger partial charge in [-0.25, -0.2) is 14.4 Å². The molecule has 1 heterocycles. The molecule has 7 nitrogen and oxygen atoms in total. The van der Waals surface area contributed by atoms with Gasteiger partial charge in [-0.2, -0.15) is 11.8 Å². The molecule has 0 aromatic heterocycles. The van der Waals surface area contributed by atoms with Crippen LogP contribution in [0.2, 0.25) is 0 Å². The summed E-state index contributed by atoms with van der Waals surface area (Å²) in [7, 11) is 0. The first-order valence-electron chi connectivity index (χ1n) is 9.81. The van der Waals surface area contributed by atoms with Gasteiger partial charge in [0.15, 0.2) is 0 Å². The Kier molecular flexibility index (Phi) is 7.72. The van der Waals surface area contributed by atoms with Crippen LogP contribution in [0.15, 0.2) is 65.9 Å². The molecule has 3 rings (SSSR count). The van der Waals surface area contributed by atoms with Crippen LogP contribution in [0.5, 0.6) is 0 Å². The lowest BCUT2D eigenvalue weighted by Gasteiger charge is -2.29. The molecule has 31 heavy (non-hydrogen) atoms. The molecule has 2 N–H and O–H groups in total. The van der Waals surface area contributed by atoms with Gasteiger partial charge in [0.1, 0.15) is 6.61 Å². The number of thioether (sulfide) groups is 1. The van der Waals surface area contributed by atoms with E-state index < -0.39 is 24.0 Å². The summed E-state index contributed by atoms with van der Waals surface area (Å²) in [6.45, 7) is 1.61. The van der Waals surface area contributed by atoms with Crippen LogP contribution in [0.1, 0.15) is 34.5 Å². The van der Waals surface area contributed by atoms with Gasteiger partial charge in [0.2, 0.25) is 0 Å². The van der Waals surface area contributed by atoms with Crippen LogP contribution in [-0.4, -0.2) is 37.4 Å². The Morgan fingerprint density at radius 1 is 1.00 bits per heavy atom. The van der Waals surface area contributed by atoms with Crippen LogP contribution >= 0.6 is 11.8 Å². The lowest BCUT2D eigenvalue weighted by molar-refractivity contribution is -0.139. The molecule has 2 amide bonds. The fourth-order valence-corrected chi connectivity index (χ4v) is 3.73. The van der Waals surface area contributed by atoms with Gasteiger partial charge >= 0.3 is 18.0 Å². The van der Waals surface area contributed by atoms with E-state index in [4.69, 9.17) is 9.47 Å². The molecule has 0 unspecified atom stereocenters. The molecule has 2 aromatic rings. The third kappa shape index (κ3) is 5.67. The summed E-state index contributed by atoms with van der Waals surface area (Å²) < 4.78 is 10.6. The predicted molar refractivity (Wildman–Crippen MR) is 118 cm³/mol. The van der Waals surface area contributed by atoms with Crippen LogP contribution in [-0.2, 0) is 20.0 Å². The highest BCUT2D eigenvalue weighted by Crippen LogP contribution is 2.28. The van der Waals surface area contributed by atoms with E-state index in [-0.39, 0.29) is 24.5 Å². The van der Waals surface area contributed by atoms with Crippen molar-refractivity contribution in [3.05, 3.63) is 82.6 Å². The molecular weight excluding hydrogens is 416 g/mol. The predicted octanol–water partition coefficient (Wildman–Crippen LogP) is 3.58. The van der Waals surface area contributed by atoms with Gasteiger partial charge < -0.3 is 20.1 Å². The van der Waals surface area contributed by atoms with E-state index in [2.05, 4.69) is 10.6 Å². The molecule has 2 aromatic carbocycles. The average Bonchev–Trinajstić information content (AvgIpc) is 2.78. The third-order valence-electron chi connectivity index (χ3n) is 4.63. The Balaban J connectivity index is 1.84. The van der Waals surface area contributed by atoms with E-state index in [1.165, 1.54) is 0 Å². The highest BCUT2D eigenvalue weighted by atomic mass is 32.2. The summed E-state index contributed by atoms with van der Waals surface area (Å²) in [6, 6.07) is 15.0. The van der Waals surface area contributed by atoms with Crippen molar-refractivity contribution in [2.45, 2.75) is 18.7 Å². The minimum Gasteiger partial charge on any atom is -0.463 e. The van der Waals surface area contributed by atoms with Gasteiger partial charge in [0, 0.05) is 5.75 Å². The van der Waals surface area contributed by atoms with Crippen molar-refractivity contribution in [2.24, 2.45) is 0 Å². The highest BCUT2D eigenvalue weighted by molar-refractivity contribution is 7.97. The maximum absolute atomic E-state index is 12.7. The molecular formula is C23H24N2O5S. The van der Waals surface area contributed by atoms with E-state index in [0.29, 0.717) is 11.1 Å². The van der Waals surface area contributed by atoms with Crippen LogP contribution in [0, 0.1) is 0 Å². The van der Waals surface area contributed by atoms with E-state index in [0.717, 1.165) is 11.3 Å². The van der Waals surface area contributed by atoms with E-state index in [1.54, 1.807) is 43.0 Å². The average molecular weight is 441 g/mol. The maximum Gasteiger partial charge on any atom is 0.338 e. The number of carbonyl (C=O) groups excluding carboxylic acids is 3. The number of ether oxygens (including phenoxy) is 2. The van der Waals surface area contributed by atoms with Crippen molar-refractivity contribution in [3.63, 3.8) is 0 Å². The molecule has 8 heteroatoms. The van der Waals surface area contributed by atoms with Crippen LogP contribution in [0.3, 0.4) is 0 Å². The van der Waals surface area contributed by atoms with Gasteiger partial charge in [-0.1, -0.05) is 42.5 Å². The van der Waals surface area contributed by atoms with Gasteiger partial charge in [0.25, 0.3) is 0 Å². The zero-order valence-corrected chi connectivity index (χ0v) is 18.2. The van der Waals surface area contributed by atoms with Crippen LogP contribution in [0.4, 0.5) is 4.79 Å². The summed E-state index contributed by atoms with van der Waals surface area (Å²) >= 11 is 1.69. The number of urea groups is 1. The number of nitrogens with one attached hydrogen (secondary N) is 2. The number of rotatable bonds is 8. The van der Waals surface area contributed by atoms with Crippen LogP contribution in [0.25, 0.3) is 0 Å². The molecule has 0 radical (unpaired) electrons. The van der Waals surface area contributed by atoms with Gasteiger partial charge in [-0.05, 0) is 36.4 Å². The third-order valence-corrected chi connectivity index (χ3v) is 5.25. The number of hydrogen-bond acceptors (Lipinski definition) is 6. The highest BCUT2D eigenvalue weighted by Gasteiger charge is 2.34. The molecule has 1 aliphatic rings. The lowest BCUT2D eigenvalue weighted by Crippen LogP contribution is -2.47. The lowest BCUT2D eigenvalue weighted by atomic mass is 9.95. The Labute approximate surface area is 185 Å². The first kappa shape index (κ1) is 22.4. The van der Waals surface area contributed by atoms with Crippen molar-refractivity contribution in [1.29, 1.82) is 0 Å². The summed E-state index contributed by atoms with van der Waals surface area (Å²) in [5, 5.41) is 5.33. The first-order chi connectivity index (χ1) is 15.0. The number of carbonyl (C=O) groups is 3. The smallest absolute Gasteiger partial charge is 0.338 e. The van der Waals surface area contributed by atoms with Gasteiger partial charge in [-0.3, -0.25) is 0 Å². The Bertz CT molecular complexity index is 973. The quantitative estimate of drug-likeness (QED) is 0.610. The SMILES string of the molecule is CCOC(=O)C1=C(COC(=O)c2ccc(CSC)cc2)NC(=O)N[C@H]1c1ccccc1. The number of hydrogen-bond donors (Lipinski definition) is 2. The normalized spacial score (nSPS) is 15.7. The second-order valence-electron chi connectivity index (χ2n) is 6.76. The molecule has 162 valence electrons. The second kappa shape index (κ2) is 10.7. The molecule has 0 saturated carbocycles. The second-order valence-corrected chi connectivity index (χ2v) is 7.63. The number of benzene rings is 2. The topological polar surface area (TPSA) is 93.7 Å². The Hall–Kier alpha value is -3.26. The number of amides is 2. The molecule has 0 bridgehead atoms. The molecule has 1 atom stereocenters. The fraction of sp³-hybridized carbons (Fsp3) is 0.261. The Morgan fingerprint density at radius 3 is 2.35 bits per heavy atom. The van der Waals surface area contributed by atoms with Crippen molar-refractivity contribution >= 4 is 29.7 Å². The molecule has 0 spiro atoms. The minimum atomic E-state index is -0.714. The zero-order valence-electron chi connectivity index (χ0n) is 17.3. The van der Waals surface area contributed by atoms with Crippen molar-refractivity contribution < 1.29 is 23.9 Å². The minimum absolute atomic E-state index is 0.174. The fourth-order valence-electron chi connectivity index (χ4n) is 3.20. The largest absolute Gasteiger partial charge is 0.463 e. The van der Waals surface area contributed by atoms with Crippen LogP contribution < -0.4 is 10.6 Å². The monoisotopic (exact) mass is 440 g/mol. The van der Waals surface area contributed by atoms with Gasteiger partial charge in [-0.15, -0.1) is 0 Å². The standard InChI is InChI=1S/C23H24N2O5S/c1-3-29-22(27)19-18(24-23(28)25-20(19)16-7-5-4-6-8-16)13-30-21(26)17-11-9-15(10-12-17)14-31-2/h4-12,20H,3,13-14H2,1-2H3,(H2,24,25,28)/t20-/m0/s1. The first-order valence-corrected chi connectivity index (χ1v) is 11.2. The van der Waals surface area contributed by atoms with E-state index >= 15 is 0 Å². The molecule has 0 aliphatic carbocycles. The zero-order chi connectivity index (χ0) is 22.2. The molecule has 0 saturated heterocycles. The summed E-state index contributed by atoms with van der Waals surface area (Å²) in [4.78, 5) is 37.4. The maximum atomic E-state index is 12.7. The van der Waals surface area contributed by atoms with Crippen molar-refractivity contribution in [2.75, 3.05) is 19.5 Å². The van der Waals surface area contributed by atoms with Crippen molar-refractivity contribution in [3.8, 4) is 0 Å². The Morgan fingerprint density at radius 2 is 1.71 bits per heavy atom. The van der Waals surface area contributed by atoms with Gasteiger partial charge in [0.05, 0.1) is 29.5 Å². The molecule has 0 fully saturated rings.